The molecule has 0 saturated carbocycles. The molecule has 1 unspecified atom stereocenters. The number of anilines is 2. The Labute approximate surface area is 176 Å². The summed E-state index contributed by atoms with van der Waals surface area (Å²) in [6.45, 7) is 4.43. The minimum Gasteiger partial charge on any atom is -0.321 e. The topological polar surface area (TPSA) is 53.9 Å². The Kier molecular flexibility index (Phi) is 6.79. The number of fused-ring (bicyclic) bond motifs is 1. The Morgan fingerprint density at radius 3 is 2.40 bits per heavy atom. The maximum Gasteiger partial charge on any atom is 0.284 e. The number of halogens is 1. The molecule has 3 aromatic rings. The molecule has 5 nitrogen and oxygen atoms in total. The summed E-state index contributed by atoms with van der Waals surface area (Å²) in [7, 11) is 1.82. The number of carbonyl (C=O) groups excluding carboxylic acids is 2. The van der Waals surface area contributed by atoms with Gasteiger partial charge in [-0.05, 0) is 49.6 Å². The Bertz CT molecular complexity index is 1030. The number of nitrogens with one attached hydrogen (secondary N) is 2. The predicted octanol–water partition coefficient (Wildman–Crippen LogP) is 2.87. The summed E-state index contributed by atoms with van der Waals surface area (Å²) in [5.74, 6) is -0.629. The molecule has 6 heteroatoms. The second-order valence-corrected chi connectivity index (χ2v) is 7.38. The molecule has 0 aliphatic heterocycles. The lowest BCUT2D eigenvalue weighted by Crippen LogP contribution is -3.15. The van der Waals surface area contributed by atoms with Crippen molar-refractivity contribution in [1.82, 2.24) is 0 Å². The maximum atomic E-state index is 13.3. The van der Waals surface area contributed by atoms with Crippen LogP contribution >= 0.6 is 0 Å². The first-order valence-corrected chi connectivity index (χ1v) is 10.1. The molecule has 2 amide bonds. The van der Waals surface area contributed by atoms with E-state index in [9.17, 15) is 14.0 Å². The fraction of sp³-hybridized carbons (Fsp3) is 0.250. The molecule has 3 rings (SSSR count). The standard InChI is InChI=1S/C24H26FN3O2/c1-4-28(22-11-7-9-18-8-5-6-10-21(18)22)24(30)17(2)27(3)16-23(29)26-20-14-12-19(25)13-15-20/h5-15,17H,4,16H2,1-3H3,(H,26,29)/p+1/t17-/m1/s1. The Morgan fingerprint density at radius 1 is 1.03 bits per heavy atom. The lowest BCUT2D eigenvalue weighted by Gasteiger charge is -2.28. The third kappa shape index (κ3) is 4.83. The van der Waals surface area contributed by atoms with Crippen LogP contribution in [0.4, 0.5) is 15.8 Å². The average molecular weight is 408 g/mol. The summed E-state index contributed by atoms with van der Waals surface area (Å²) in [6.07, 6.45) is 0. The molecule has 3 aromatic carbocycles. The highest BCUT2D eigenvalue weighted by Gasteiger charge is 2.29. The molecule has 0 aliphatic rings. The number of quaternary nitrogens is 1. The maximum absolute atomic E-state index is 13.3. The first-order valence-electron chi connectivity index (χ1n) is 10.1. The summed E-state index contributed by atoms with van der Waals surface area (Å²) in [6, 6.07) is 19.1. The summed E-state index contributed by atoms with van der Waals surface area (Å²) in [5.41, 5.74) is 1.40. The van der Waals surface area contributed by atoms with E-state index < -0.39 is 6.04 Å². The van der Waals surface area contributed by atoms with Crippen LogP contribution in [0.2, 0.25) is 0 Å². The van der Waals surface area contributed by atoms with E-state index in [1.807, 2.05) is 63.4 Å². The molecule has 30 heavy (non-hydrogen) atoms. The van der Waals surface area contributed by atoms with Crippen LogP contribution in [0.15, 0.2) is 66.7 Å². The summed E-state index contributed by atoms with van der Waals surface area (Å²) < 4.78 is 13.0. The number of hydrogen-bond donors (Lipinski definition) is 2. The zero-order valence-corrected chi connectivity index (χ0v) is 17.5. The van der Waals surface area contributed by atoms with Crippen molar-refractivity contribution < 1.29 is 18.9 Å². The highest BCUT2D eigenvalue weighted by Crippen LogP contribution is 2.26. The van der Waals surface area contributed by atoms with Crippen molar-refractivity contribution in [2.75, 3.05) is 30.4 Å². The van der Waals surface area contributed by atoms with E-state index in [1.54, 1.807) is 4.90 Å². The number of amides is 2. The van der Waals surface area contributed by atoms with Crippen molar-refractivity contribution in [3.05, 3.63) is 72.5 Å². The van der Waals surface area contributed by atoms with Gasteiger partial charge < -0.3 is 15.1 Å². The fourth-order valence-electron chi connectivity index (χ4n) is 3.48. The summed E-state index contributed by atoms with van der Waals surface area (Å²) >= 11 is 0. The lowest BCUT2D eigenvalue weighted by molar-refractivity contribution is -0.885. The molecule has 0 bridgehead atoms. The van der Waals surface area contributed by atoms with Gasteiger partial charge in [0.1, 0.15) is 5.82 Å². The van der Waals surface area contributed by atoms with Gasteiger partial charge in [-0.15, -0.1) is 0 Å². The van der Waals surface area contributed by atoms with Gasteiger partial charge in [0, 0.05) is 17.6 Å². The van der Waals surface area contributed by atoms with Gasteiger partial charge in [-0.2, -0.15) is 0 Å². The van der Waals surface area contributed by atoms with Crippen LogP contribution in [0.1, 0.15) is 13.8 Å². The molecule has 0 heterocycles. The monoisotopic (exact) mass is 408 g/mol. The zero-order chi connectivity index (χ0) is 21.7. The molecule has 0 saturated heterocycles. The minimum absolute atomic E-state index is 0.0408. The van der Waals surface area contributed by atoms with Gasteiger partial charge in [-0.3, -0.25) is 9.59 Å². The summed E-state index contributed by atoms with van der Waals surface area (Å²) in [4.78, 5) is 28.2. The van der Waals surface area contributed by atoms with Crippen molar-refractivity contribution in [2.45, 2.75) is 19.9 Å². The van der Waals surface area contributed by atoms with Crippen LogP contribution in [0.3, 0.4) is 0 Å². The van der Waals surface area contributed by atoms with E-state index in [2.05, 4.69) is 5.32 Å². The number of likely N-dealkylation sites (N-methyl/N-ethyl adjacent to an activating group) is 2. The van der Waals surface area contributed by atoms with Gasteiger partial charge in [-0.1, -0.05) is 36.4 Å². The van der Waals surface area contributed by atoms with Crippen LogP contribution in [0.5, 0.6) is 0 Å². The number of nitrogens with zero attached hydrogens (tertiary/aromatic N) is 1. The van der Waals surface area contributed by atoms with E-state index in [0.29, 0.717) is 12.2 Å². The van der Waals surface area contributed by atoms with E-state index in [0.717, 1.165) is 21.4 Å². The van der Waals surface area contributed by atoms with Crippen molar-refractivity contribution in [3.63, 3.8) is 0 Å². The molecular weight excluding hydrogens is 381 g/mol. The quantitative estimate of drug-likeness (QED) is 0.632. The van der Waals surface area contributed by atoms with Crippen LogP contribution in [-0.2, 0) is 9.59 Å². The van der Waals surface area contributed by atoms with Gasteiger partial charge in [0.05, 0.1) is 12.7 Å². The second kappa shape index (κ2) is 9.50. The van der Waals surface area contributed by atoms with Gasteiger partial charge in [0.25, 0.3) is 11.8 Å². The number of carbonyl (C=O) groups is 2. The molecule has 0 spiro atoms. The smallest absolute Gasteiger partial charge is 0.284 e. The van der Waals surface area contributed by atoms with Gasteiger partial charge >= 0.3 is 0 Å². The van der Waals surface area contributed by atoms with Crippen LogP contribution in [0.25, 0.3) is 10.8 Å². The van der Waals surface area contributed by atoms with Crippen molar-refractivity contribution in [3.8, 4) is 0 Å². The van der Waals surface area contributed by atoms with Gasteiger partial charge in [-0.25, -0.2) is 4.39 Å². The predicted molar refractivity (Wildman–Crippen MR) is 118 cm³/mol. The van der Waals surface area contributed by atoms with Crippen LogP contribution in [-0.4, -0.2) is 38.0 Å². The lowest BCUT2D eigenvalue weighted by atomic mass is 10.1. The molecule has 0 aliphatic carbocycles. The van der Waals surface area contributed by atoms with E-state index in [4.69, 9.17) is 0 Å². The molecular formula is C24H27FN3O2+. The number of hydrogen-bond acceptors (Lipinski definition) is 2. The van der Waals surface area contributed by atoms with E-state index in [-0.39, 0.29) is 24.2 Å². The highest BCUT2D eigenvalue weighted by atomic mass is 19.1. The minimum atomic E-state index is -0.414. The first kappa shape index (κ1) is 21.5. The molecule has 2 atom stereocenters. The molecule has 2 N–H and O–H groups in total. The van der Waals surface area contributed by atoms with E-state index in [1.165, 1.54) is 24.3 Å². The third-order valence-electron chi connectivity index (χ3n) is 5.32. The third-order valence-corrected chi connectivity index (χ3v) is 5.32. The van der Waals surface area contributed by atoms with Crippen molar-refractivity contribution >= 4 is 34.0 Å². The SMILES string of the molecule is CCN(C(=O)[C@@H](C)[NH+](C)CC(=O)Nc1ccc(F)cc1)c1cccc2ccccc12. The zero-order valence-electron chi connectivity index (χ0n) is 17.5. The Balaban J connectivity index is 1.70. The first-order chi connectivity index (χ1) is 14.4. The number of benzene rings is 3. The van der Waals surface area contributed by atoms with Crippen LogP contribution in [0, 0.1) is 5.82 Å². The highest BCUT2D eigenvalue weighted by molar-refractivity contribution is 6.05. The molecule has 0 radical (unpaired) electrons. The fourth-order valence-corrected chi connectivity index (χ4v) is 3.48. The Morgan fingerprint density at radius 2 is 1.70 bits per heavy atom. The largest absolute Gasteiger partial charge is 0.321 e. The average Bonchev–Trinajstić information content (AvgIpc) is 2.75. The molecule has 0 fully saturated rings. The van der Waals surface area contributed by atoms with Gasteiger partial charge in [0.2, 0.25) is 0 Å². The van der Waals surface area contributed by atoms with Gasteiger partial charge in [0.15, 0.2) is 12.6 Å². The van der Waals surface area contributed by atoms with Crippen molar-refractivity contribution in [2.24, 2.45) is 0 Å². The normalized spacial score (nSPS) is 12.9. The molecule has 156 valence electrons. The summed E-state index contributed by atoms with van der Waals surface area (Å²) in [5, 5.41) is 4.84. The number of rotatable bonds is 7. The van der Waals surface area contributed by atoms with E-state index >= 15 is 0 Å². The van der Waals surface area contributed by atoms with Crippen molar-refractivity contribution in [1.29, 1.82) is 0 Å². The van der Waals surface area contributed by atoms with Crippen LogP contribution < -0.4 is 15.1 Å². The Hall–Kier alpha value is -3.25. The second-order valence-electron chi connectivity index (χ2n) is 7.38. The molecule has 0 aromatic heterocycles.